The number of nitrogens with one attached hydrogen (secondary N) is 1. The minimum absolute atomic E-state index is 0.0320. The number of thiazole rings is 1. The fourth-order valence-corrected chi connectivity index (χ4v) is 7.35. The molecule has 0 radical (unpaired) electrons. The number of methoxy groups -OCH3 is 1. The molecule has 0 spiro atoms. The summed E-state index contributed by atoms with van der Waals surface area (Å²) in [4.78, 5) is 55.6. The van der Waals surface area contributed by atoms with Crippen molar-refractivity contribution in [3.05, 3.63) is 44.6 Å². The molecule has 2 aromatic heterocycles. The van der Waals surface area contributed by atoms with Gasteiger partial charge in [0.15, 0.2) is 4.80 Å². The van der Waals surface area contributed by atoms with Gasteiger partial charge >= 0.3 is 11.9 Å². The Morgan fingerprint density at radius 1 is 1.08 bits per heavy atom. The van der Waals surface area contributed by atoms with Crippen LogP contribution in [-0.4, -0.2) is 53.5 Å². The van der Waals surface area contributed by atoms with Crippen LogP contribution in [0.2, 0.25) is 0 Å². The van der Waals surface area contributed by atoms with Crippen molar-refractivity contribution in [1.82, 2.24) is 4.57 Å². The van der Waals surface area contributed by atoms with Crippen molar-refractivity contribution in [2.75, 3.05) is 30.5 Å². The highest BCUT2D eigenvalue weighted by molar-refractivity contribution is 8.00. The van der Waals surface area contributed by atoms with Gasteiger partial charge in [0.1, 0.15) is 5.00 Å². The Bertz CT molecular complexity index is 1450. The molecule has 2 amide bonds. The fraction of sp³-hybridized carbons (Fsp3) is 0.423. The van der Waals surface area contributed by atoms with Gasteiger partial charge in [-0.15, -0.1) is 23.1 Å². The molecule has 38 heavy (non-hydrogen) atoms. The van der Waals surface area contributed by atoms with Crippen LogP contribution in [0.4, 0.5) is 5.00 Å². The summed E-state index contributed by atoms with van der Waals surface area (Å²) in [6.45, 7) is 4.61. The lowest BCUT2D eigenvalue weighted by atomic mass is 9.95. The molecule has 2 heterocycles. The number of aromatic nitrogens is 1. The van der Waals surface area contributed by atoms with Gasteiger partial charge in [-0.1, -0.05) is 11.3 Å². The molecular formula is C26H29N3O6S3. The van der Waals surface area contributed by atoms with Crippen LogP contribution in [0.5, 0.6) is 0 Å². The van der Waals surface area contributed by atoms with Gasteiger partial charge in [0.05, 0.1) is 46.6 Å². The number of nitrogens with zero attached hydrogens (tertiary/aromatic N) is 2. The van der Waals surface area contributed by atoms with Gasteiger partial charge in [-0.25, -0.2) is 9.59 Å². The zero-order valence-corrected chi connectivity index (χ0v) is 23.9. The zero-order chi connectivity index (χ0) is 27.2. The van der Waals surface area contributed by atoms with Crippen LogP contribution >= 0.6 is 34.4 Å². The third-order valence-electron chi connectivity index (χ3n) is 6.00. The van der Waals surface area contributed by atoms with Crippen LogP contribution < -0.4 is 10.1 Å². The molecule has 3 aromatic rings. The van der Waals surface area contributed by atoms with E-state index in [2.05, 4.69) is 10.3 Å². The van der Waals surface area contributed by atoms with Crippen molar-refractivity contribution in [3.63, 3.8) is 0 Å². The predicted octanol–water partition coefficient (Wildman–Crippen LogP) is 4.43. The average Bonchev–Trinajstić information content (AvgIpc) is 3.44. The monoisotopic (exact) mass is 575 g/mol. The number of benzene rings is 1. The van der Waals surface area contributed by atoms with Crippen molar-refractivity contribution in [2.45, 2.75) is 46.1 Å². The Kier molecular flexibility index (Phi) is 9.40. The van der Waals surface area contributed by atoms with E-state index in [4.69, 9.17) is 9.47 Å². The third kappa shape index (κ3) is 6.19. The Hall–Kier alpha value is -2.96. The molecule has 0 atom stereocenters. The van der Waals surface area contributed by atoms with Crippen molar-refractivity contribution in [3.8, 4) is 0 Å². The van der Waals surface area contributed by atoms with Gasteiger partial charge in [0.2, 0.25) is 5.91 Å². The molecule has 202 valence electrons. The summed E-state index contributed by atoms with van der Waals surface area (Å²) in [6.07, 6.45) is 3.76. The summed E-state index contributed by atoms with van der Waals surface area (Å²) in [5, 5.41) is 3.36. The standard InChI is InChI=1S/C26H29N3O6S3/c1-4-29-17-11-10-15(24(32)35-5-2)12-19(17)38-26(29)28-21(31)14-36-13-20(30)27-23-22(25(33)34-3)16-8-6-7-9-18(16)37-23/h10-12H,4-9,13-14H2,1-3H3,(H,27,30). The van der Waals surface area contributed by atoms with Gasteiger partial charge in [0, 0.05) is 11.4 Å². The highest BCUT2D eigenvalue weighted by atomic mass is 32.2. The minimum Gasteiger partial charge on any atom is -0.465 e. The van der Waals surface area contributed by atoms with Gasteiger partial charge in [-0.05, 0) is 63.3 Å². The van der Waals surface area contributed by atoms with E-state index in [-0.39, 0.29) is 23.3 Å². The molecule has 0 unspecified atom stereocenters. The second kappa shape index (κ2) is 12.7. The number of hydrogen-bond donors (Lipinski definition) is 1. The molecule has 0 aliphatic heterocycles. The van der Waals surface area contributed by atoms with E-state index < -0.39 is 11.9 Å². The van der Waals surface area contributed by atoms with Crippen molar-refractivity contribution in [2.24, 2.45) is 4.99 Å². The number of thiophene rings is 1. The smallest absolute Gasteiger partial charge is 0.341 e. The SMILES string of the molecule is CCOC(=O)c1ccc2c(c1)sc(=NC(=O)CSCC(=O)Nc1sc3c(c1C(=O)OC)CCCC3)n2CC. The van der Waals surface area contributed by atoms with Crippen molar-refractivity contribution in [1.29, 1.82) is 0 Å². The average molecular weight is 576 g/mol. The molecule has 0 saturated carbocycles. The van der Waals surface area contributed by atoms with Crippen LogP contribution in [0.1, 0.15) is 57.8 Å². The zero-order valence-electron chi connectivity index (χ0n) is 21.5. The topological polar surface area (TPSA) is 116 Å². The number of carbonyl (C=O) groups excluding carboxylic acids is 4. The normalized spacial score (nSPS) is 13.3. The number of esters is 2. The summed E-state index contributed by atoms with van der Waals surface area (Å²) < 4.78 is 12.8. The lowest BCUT2D eigenvalue weighted by molar-refractivity contribution is -0.115. The van der Waals surface area contributed by atoms with Crippen LogP contribution in [0.15, 0.2) is 23.2 Å². The van der Waals surface area contributed by atoms with Gasteiger partial charge in [-0.2, -0.15) is 4.99 Å². The number of aryl methyl sites for hydroxylation is 2. The quantitative estimate of drug-likeness (QED) is 0.376. The van der Waals surface area contributed by atoms with Crippen LogP contribution in [0.3, 0.4) is 0 Å². The van der Waals surface area contributed by atoms with Crippen LogP contribution in [0, 0.1) is 0 Å². The second-order valence-electron chi connectivity index (χ2n) is 8.48. The van der Waals surface area contributed by atoms with E-state index >= 15 is 0 Å². The number of thioether (sulfide) groups is 1. The van der Waals surface area contributed by atoms with Gasteiger partial charge in [-0.3, -0.25) is 9.59 Å². The van der Waals surface area contributed by atoms with Gasteiger partial charge < -0.3 is 19.4 Å². The molecule has 1 aromatic carbocycles. The molecule has 0 saturated heterocycles. The van der Waals surface area contributed by atoms with Crippen LogP contribution in [0.25, 0.3) is 10.2 Å². The predicted molar refractivity (Wildman–Crippen MR) is 150 cm³/mol. The molecule has 1 aliphatic rings. The number of fused-ring (bicyclic) bond motifs is 2. The maximum Gasteiger partial charge on any atom is 0.341 e. The third-order valence-corrected chi connectivity index (χ3v) is 9.17. The first-order valence-corrected chi connectivity index (χ1v) is 15.1. The summed E-state index contributed by atoms with van der Waals surface area (Å²) in [6, 6.07) is 5.28. The number of rotatable bonds is 9. The maximum atomic E-state index is 12.6. The molecule has 0 bridgehead atoms. The van der Waals surface area contributed by atoms with E-state index in [1.807, 2.05) is 17.6 Å². The van der Waals surface area contributed by atoms with E-state index in [0.717, 1.165) is 58.1 Å². The number of carbonyl (C=O) groups is 4. The lowest BCUT2D eigenvalue weighted by Gasteiger charge is -2.11. The first kappa shape index (κ1) is 28.1. The second-order valence-corrected chi connectivity index (χ2v) is 11.6. The van der Waals surface area contributed by atoms with E-state index in [1.54, 1.807) is 19.1 Å². The number of amides is 2. The molecule has 0 fully saturated rings. The van der Waals surface area contributed by atoms with Crippen LogP contribution in [-0.2, 0) is 38.4 Å². The molecule has 9 nitrogen and oxygen atoms in total. The van der Waals surface area contributed by atoms with Crippen molar-refractivity contribution < 1.29 is 28.7 Å². The Morgan fingerprint density at radius 3 is 2.61 bits per heavy atom. The number of hydrogen-bond acceptors (Lipinski definition) is 9. The highest BCUT2D eigenvalue weighted by Gasteiger charge is 2.27. The highest BCUT2D eigenvalue weighted by Crippen LogP contribution is 2.38. The fourth-order valence-electron chi connectivity index (χ4n) is 4.31. The van der Waals surface area contributed by atoms with Gasteiger partial charge in [0.25, 0.3) is 5.91 Å². The molecule has 1 N–H and O–H groups in total. The molecule has 12 heteroatoms. The van der Waals surface area contributed by atoms with E-state index in [0.29, 0.717) is 34.1 Å². The first-order valence-electron chi connectivity index (χ1n) is 12.3. The number of anilines is 1. The largest absolute Gasteiger partial charge is 0.465 e. The molecular weight excluding hydrogens is 547 g/mol. The summed E-state index contributed by atoms with van der Waals surface area (Å²) in [7, 11) is 1.34. The molecule has 4 rings (SSSR count). The lowest BCUT2D eigenvalue weighted by Crippen LogP contribution is -2.18. The van der Waals surface area contributed by atoms with E-state index in [1.165, 1.54) is 29.8 Å². The summed E-state index contributed by atoms with van der Waals surface area (Å²) in [5.41, 5.74) is 2.76. The number of ether oxygens (including phenoxy) is 2. The maximum absolute atomic E-state index is 12.6. The Morgan fingerprint density at radius 2 is 1.87 bits per heavy atom. The van der Waals surface area contributed by atoms with E-state index in [9.17, 15) is 19.2 Å². The summed E-state index contributed by atoms with van der Waals surface area (Å²) in [5.74, 6) is -1.40. The molecule has 1 aliphatic carbocycles. The Labute approximate surface area is 232 Å². The Balaban J connectivity index is 1.41. The minimum atomic E-state index is -0.441. The first-order chi connectivity index (χ1) is 18.4. The summed E-state index contributed by atoms with van der Waals surface area (Å²) >= 11 is 3.92. The van der Waals surface area contributed by atoms with Crippen molar-refractivity contribution >= 4 is 73.4 Å².